The van der Waals surface area contributed by atoms with Crippen LogP contribution in [0.1, 0.15) is 61.3 Å². The number of methoxy groups -OCH3 is 2. The zero-order chi connectivity index (χ0) is 42.3. The van der Waals surface area contributed by atoms with E-state index >= 15 is 4.79 Å². The van der Waals surface area contributed by atoms with Crippen LogP contribution in [0.5, 0.6) is 5.75 Å². The fourth-order valence-electron chi connectivity index (χ4n) is 10.5. The van der Waals surface area contributed by atoms with Gasteiger partial charge in [0.25, 0.3) is 5.91 Å². The molecule has 0 aromatic heterocycles. The number of fused-ring (bicyclic) bond motifs is 4. The first kappa shape index (κ1) is 41.4. The molecule has 1 N–H and O–H groups in total. The largest absolute Gasteiger partial charge is 0.497 e. The Morgan fingerprint density at radius 3 is 2.32 bits per heavy atom. The minimum absolute atomic E-state index is 0.0250. The van der Waals surface area contributed by atoms with Crippen molar-refractivity contribution < 1.29 is 38.5 Å². The molecule has 1 fully saturated rings. The van der Waals surface area contributed by atoms with Crippen LogP contribution in [0, 0.1) is 5.92 Å². The predicted molar refractivity (Wildman–Crippen MR) is 232 cm³/mol. The van der Waals surface area contributed by atoms with Gasteiger partial charge in [-0.1, -0.05) is 79.8 Å². The molecular formula is C48H55N3O8Si. The van der Waals surface area contributed by atoms with Gasteiger partial charge in [-0.2, -0.15) is 0 Å². The first-order valence-corrected chi connectivity index (χ1v) is 24.2. The van der Waals surface area contributed by atoms with Crippen molar-refractivity contribution in [2.75, 3.05) is 37.2 Å². The number of aliphatic hydroxyl groups is 1. The summed E-state index contributed by atoms with van der Waals surface area (Å²) in [5, 5.41) is 11.7. The van der Waals surface area contributed by atoms with Gasteiger partial charge < -0.3 is 29.1 Å². The Labute approximate surface area is 353 Å². The van der Waals surface area contributed by atoms with Crippen LogP contribution < -0.4 is 19.7 Å². The van der Waals surface area contributed by atoms with E-state index in [0.717, 1.165) is 33.3 Å². The number of aryl methyl sites for hydroxylation is 1. The summed E-state index contributed by atoms with van der Waals surface area (Å²) in [4.78, 5) is 61.4. The molecule has 0 saturated carbocycles. The highest BCUT2D eigenvalue weighted by Gasteiger charge is 2.66. The lowest BCUT2D eigenvalue weighted by atomic mass is 9.82. The average molecular weight is 830 g/mol. The number of carbonyl (C=O) groups excluding carboxylic acids is 4. The highest BCUT2D eigenvalue weighted by molar-refractivity contribution is 6.91. The van der Waals surface area contributed by atoms with E-state index < -0.39 is 19.8 Å². The molecule has 11 nitrogen and oxygen atoms in total. The van der Waals surface area contributed by atoms with Crippen molar-refractivity contribution in [3.63, 3.8) is 0 Å². The molecule has 0 bridgehead atoms. The molecule has 1 spiro atoms. The third-order valence-electron chi connectivity index (χ3n) is 13.7. The van der Waals surface area contributed by atoms with Crippen LogP contribution in [0.3, 0.4) is 0 Å². The monoisotopic (exact) mass is 829 g/mol. The number of ether oxygens (including phenoxy) is 3. The number of unbranched alkanes of at least 4 members (excludes halogenated alkanes) is 1. The van der Waals surface area contributed by atoms with Gasteiger partial charge in [0.2, 0.25) is 11.8 Å². The number of benzene rings is 4. The first-order chi connectivity index (χ1) is 28.9. The third-order valence-corrected chi connectivity index (χ3v) is 18.0. The standard InChI is InChI=1S/C48H55N3O8Si/c1-31-46(60(4,5)38-21-19-37(57-2)20-22-38)42(28-44(54)50-29-34-14-7-6-13-33(34)26-36(50)30-52)59-48(31)39-27-35(51-40-15-9-8-12-32(40)17-24-43(51)53)18-23-41(39)49(47(48)56)25-11-10-16-45(55)58-3/h6-9,12-15,18-23,27,31,36,42,46,52H,10-11,16-17,24-26,28-30H2,1-5H3/t31-,36+,42+,46-,48+/m1/s1. The van der Waals surface area contributed by atoms with Crippen molar-refractivity contribution in [2.45, 2.75) is 94.8 Å². The second-order valence-corrected chi connectivity index (χ2v) is 21.9. The molecule has 314 valence electrons. The lowest BCUT2D eigenvalue weighted by molar-refractivity contribution is -0.151. The lowest BCUT2D eigenvalue weighted by Gasteiger charge is -2.39. The fourth-order valence-corrected chi connectivity index (χ4v) is 14.6. The van der Waals surface area contributed by atoms with E-state index in [1.807, 2.05) is 72.8 Å². The van der Waals surface area contributed by atoms with Crippen molar-refractivity contribution in [3.8, 4) is 5.75 Å². The van der Waals surface area contributed by atoms with Crippen molar-refractivity contribution in [2.24, 2.45) is 5.92 Å². The number of anilines is 3. The van der Waals surface area contributed by atoms with Crippen LogP contribution >= 0.6 is 0 Å². The number of esters is 1. The molecule has 0 aliphatic carbocycles. The molecule has 8 rings (SSSR count). The van der Waals surface area contributed by atoms with Crippen LogP contribution in [-0.4, -0.2) is 81.3 Å². The molecule has 0 radical (unpaired) electrons. The van der Waals surface area contributed by atoms with Gasteiger partial charge in [0, 0.05) is 43.1 Å². The van der Waals surface area contributed by atoms with Gasteiger partial charge in [-0.15, -0.1) is 0 Å². The summed E-state index contributed by atoms with van der Waals surface area (Å²) < 4.78 is 17.8. The van der Waals surface area contributed by atoms with Crippen LogP contribution in [0.4, 0.5) is 17.1 Å². The van der Waals surface area contributed by atoms with Gasteiger partial charge in [-0.3, -0.25) is 24.1 Å². The van der Waals surface area contributed by atoms with E-state index in [1.165, 1.54) is 7.11 Å². The van der Waals surface area contributed by atoms with Gasteiger partial charge in [-0.25, -0.2) is 0 Å². The van der Waals surface area contributed by atoms with Crippen LogP contribution in [0.25, 0.3) is 0 Å². The normalized spacial score (nSPS) is 23.4. The predicted octanol–water partition coefficient (Wildman–Crippen LogP) is 6.55. The Hall–Kier alpha value is -5.30. The molecule has 4 aromatic rings. The number of nitrogens with zero attached hydrogens (tertiary/aromatic N) is 3. The second kappa shape index (κ2) is 16.6. The second-order valence-electron chi connectivity index (χ2n) is 17.2. The Morgan fingerprint density at radius 1 is 0.883 bits per heavy atom. The Kier molecular flexibility index (Phi) is 11.5. The minimum Gasteiger partial charge on any atom is -0.497 e. The molecule has 1 saturated heterocycles. The molecule has 4 heterocycles. The number of hydrogen-bond acceptors (Lipinski definition) is 8. The highest BCUT2D eigenvalue weighted by Crippen LogP contribution is 2.60. The van der Waals surface area contributed by atoms with Gasteiger partial charge in [-0.05, 0) is 84.3 Å². The highest BCUT2D eigenvalue weighted by atomic mass is 28.3. The maximum Gasteiger partial charge on any atom is 0.305 e. The van der Waals surface area contributed by atoms with E-state index in [4.69, 9.17) is 14.2 Å². The number of amides is 3. The topological polar surface area (TPSA) is 126 Å². The summed E-state index contributed by atoms with van der Waals surface area (Å²) in [7, 11) is 0.400. The summed E-state index contributed by atoms with van der Waals surface area (Å²) in [6.45, 7) is 7.23. The summed E-state index contributed by atoms with van der Waals surface area (Å²) in [5.74, 6) is -0.303. The number of aliphatic hydroxyl groups excluding tert-OH is 1. The Bertz CT molecular complexity index is 2300. The molecule has 3 amide bonds. The van der Waals surface area contributed by atoms with Crippen LogP contribution in [0.2, 0.25) is 18.6 Å². The molecule has 60 heavy (non-hydrogen) atoms. The van der Waals surface area contributed by atoms with Gasteiger partial charge in [0.1, 0.15) is 5.75 Å². The van der Waals surface area contributed by atoms with Gasteiger partial charge >= 0.3 is 5.97 Å². The van der Waals surface area contributed by atoms with Crippen LogP contribution in [-0.2, 0) is 53.6 Å². The van der Waals surface area contributed by atoms with Crippen molar-refractivity contribution >= 4 is 54.0 Å². The molecule has 5 atom stereocenters. The molecule has 4 aromatic carbocycles. The zero-order valence-electron chi connectivity index (χ0n) is 35.2. The van der Waals surface area contributed by atoms with E-state index in [-0.39, 0.29) is 60.6 Å². The van der Waals surface area contributed by atoms with Crippen molar-refractivity contribution in [1.29, 1.82) is 0 Å². The van der Waals surface area contributed by atoms with Crippen molar-refractivity contribution in [3.05, 3.63) is 113 Å². The van der Waals surface area contributed by atoms with Gasteiger partial charge in [0.15, 0.2) is 5.60 Å². The minimum atomic E-state index is -2.61. The van der Waals surface area contributed by atoms with E-state index in [0.29, 0.717) is 62.1 Å². The maximum atomic E-state index is 15.5. The molecule has 12 heteroatoms. The first-order valence-electron chi connectivity index (χ1n) is 21.2. The summed E-state index contributed by atoms with van der Waals surface area (Å²) in [6, 6.07) is 29.5. The quantitative estimate of drug-likeness (QED) is 0.0970. The lowest BCUT2D eigenvalue weighted by Crippen LogP contribution is -2.52. The number of rotatable bonds is 12. The summed E-state index contributed by atoms with van der Waals surface area (Å²) >= 11 is 0. The van der Waals surface area contributed by atoms with Crippen LogP contribution in [0.15, 0.2) is 91.0 Å². The molecule has 0 unspecified atom stereocenters. The smallest absolute Gasteiger partial charge is 0.305 e. The summed E-state index contributed by atoms with van der Waals surface area (Å²) in [6.07, 6.45) is 2.28. The number of hydrogen-bond donors (Lipinski definition) is 1. The van der Waals surface area contributed by atoms with E-state index in [1.54, 1.807) is 21.8 Å². The van der Waals surface area contributed by atoms with Gasteiger partial charge in [0.05, 0.1) is 58.8 Å². The van der Waals surface area contributed by atoms with Crippen molar-refractivity contribution in [1.82, 2.24) is 4.90 Å². The zero-order valence-corrected chi connectivity index (χ0v) is 36.2. The molecular weight excluding hydrogens is 775 g/mol. The third kappa shape index (κ3) is 7.11. The number of para-hydroxylation sites is 1. The maximum absolute atomic E-state index is 15.5. The van der Waals surface area contributed by atoms with E-state index in [9.17, 15) is 19.5 Å². The van der Waals surface area contributed by atoms with E-state index in [2.05, 4.69) is 38.2 Å². The molecule has 4 aliphatic rings. The number of carbonyl (C=O) groups is 4. The SMILES string of the molecule is COC(=O)CCCCN1C(=O)[C@@]2(O[C@@H](CC(=O)N3Cc4ccccc4C[C@H]3CO)[C@H]([Si](C)(C)c3ccc(OC)cc3)[C@H]2C)c2cc(N3C(=O)CCc4ccccc43)ccc21. The summed E-state index contributed by atoms with van der Waals surface area (Å²) in [5.41, 5.74) is 4.44. The molecule has 4 aliphatic heterocycles. The Morgan fingerprint density at radius 2 is 1.60 bits per heavy atom. The Balaban J connectivity index is 1.23. The fraction of sp³-hybridized carbons (Fsp3) is 0.417. The average Bonchev–Trinajstić information content (AvgIpc) is 3.69.